The number of hydrogen-bond donors (Lipinski definition) is 0. The highest BCUT2D eigenvalue weighted by atomic mass is 32.2. The van der Waals surface area contributed by atoms with Crippen molar-refractivity contribution in [1.29, 1.82) is 0 Å². The van der Waals surface area contributed by atoms with Crippen molar-refractivity contribution in [3.63, 3.8) is 0 Å². The minimum Gasteiger partial charge on any atom is -0.309 e. The molecule has 0 spiro atoms. The van der Waals surface area contributed by atoms with E-state index in [1.165, 1.54) is 10.6 Å². The predicted octanol–water partition coefficient (Wildman–Crippen LogP) is -0.561. The number of sulfonamides is 1. The molecule has 0 aliphatic carbocycles. The molecule has 0 unspecified atom stereocenters. The first-order chi connectivity index (χ1) is 5.39. The molecule has 1 saturated heterocycles. The van der Waals surface area contributed by atoms with Gasteiger partial charge in [-0.2, -0.15) is 0 Å². The number of hydrogen-bond acceptors (Lipinski definition) is 3. The highest BCUT2D eigenvalue weighted by Gasteiger charge is 2.32. The van der Waals surface area contributed by atoms with Crippen LogP contribution in [0.1, 0.15) is 0 Å². The molecule has 72 valence electrons. The summed E-state index contributed by atoms with van der Waals surface area (Å²) in [6.45, 7) is 2.36. The van der Waals surface area contributed by atoms with Gasteiger partial charge in [-0.15, -0.1) is 0 Å². The van der Waals surface area contributed by atoms with Gasteiger partial charge in [0.05, 0.1) is 6.26 Å². The smallest absolute Gasteiger partial charge is 0.211 e. The van der Waals surface area contributed by atoms with Gasteiger partial charge in [0, 0.05) is 19.6 Å². The topological polar surface area (TPSA) is 40.6 Å². The molecule has 0 amide bonds. The van der Waals surface area contributed by atoms with Crippen LogP contribution in [-0.2, 0) is 10.0 Å². The van der Waals surface area contributed by atoms with Crippen molar-refractivity contribution >= 4 is 10.0 Å². The fourth-order valence-electron chi connectivity index (χ4n) is 1.43. The molecule has 0 saturated carbocycles. The van der Waals surface area contributed by atoms with E-state index in [-0.39, 0.29) is 0 Å². The van der Waals surface area contributed by atoms with Crippen LogP contribution >= 0.6 is 0 Å². The van der Waals surface area contributed by atoms with Gasteiger partial charge in [-0.3, -0.25) is 0 Å². The number of rotatable bonds is 3. The summed E-state index contributed by atoms with van der Waals surface area (Å²) in [5.74, 6) is 0.523. The lowest BCUT2D eigenvalue weighted by Crippen LogP contribution is -2.52. The van der Waals surface area contributed by atoms with Gasteiger partial charge >= 0.3 is 0 Å². The summed E-state index contributed by atoms with van der Waals surface area (Å²) in [5.41, 5.74) is 0. The largest absolute Gasteiger partial charge is 0.309 e. The molecule has 1 heterocycles. The summed E-state index contributed by atoms with van der Waals surface area (Å²) in [7, 11) is 1.09. The van der Waals surface area contributed by atoms with Gasteiger partial charge in [0.1, 0.15) is 0 Å². The summed E-state index contributed by atoms with van der Waals surface area (Å²) in [4.78, 5) is 2.09. The summed E-state index contributed by atoms with van der Waals surface area (Å²) >= 11 is 0. The van der Waals surface area contributed by atoms with Crippen LogP contribution in [0.3, 0.4) is 0 Å². The fourth-order valence-corrected chi connectivity index (χ4v) is 2.39. The first-order valence-electron chi connectivity index (χ1n) is 3.99. The minimum absolute atomic E-state index is 0.523. The van der Waals surface area contributed by atoms with Gasteiger partial charge in [-0.05, 0) is 20.0 Å². The van der Waals surface area contributed by atoms with E-state index >= 15 is 0 Å². The lowest BCUT2D eigenvalue weighted by Gasteiger charge is -2.38. The van der Waals surface area contributed by atoms with Crippen LogP contribution in [0.15, 0.2) is 0 Å². The Bertz CT molecular complexity index is 242. The van der Waals surface area contributed by atoms with Crippen molar-refractivity contribution < 1.29 is 8.42 Å². The van der Waals surface area contributed by atoms with Gasteiger partial charge in [0.2, 0.25) is 10.0 Å². The third kappa shape index (κ3) is 2.43. The molecule has 12 heavy (non-hydrogen) atoms. The second kappa shape index (κ2) is 3.32. The predicted molar refractivity (Wildman–Crippen MR) is 48.5 cm³/mol. The van der Waals surface area contributed by atoms with Crippen LogP contribution < -0.4 is 0 Å². The fraction of sp³-hybridized carbons (Fsp3) is 1.00. The molecule has 0 bridgehead atoms. The van der Waals surface area contributed by atoms with E-state index in [0.717, 1.165) is 6.54 Å². The zero-order valence-corrected chi connectivity index (χ0v) is 8.63. The van der Waals surface area contributed by atoms with Gasteiger partial charge in [-0.1, -0.05) is 0 Å². The van der Waals surface area contributed by atoms with E-state index in [1.807, 2.05) is 14.1 Å². The Hall–Kier alpha value is -0.130. The lowest BCUT2D eigenvalue weighted by molar-refractivity contribution is 0.161. The van der Waals surface area contributed by atoms with Gasteiger partial charge in [-0.25, -0.2) is 12.7 Å². The molecule has 5 heteroatoms. The van der Waals surface area contributed by atoms with Crippen LogP contribution in [0.2, 0.25) is 0 Å². The highest BCUT2D eigenvalue weighted by Crippen LogP contribution is 2.18. The van der Waals surface area contributed by atoms with Crippen molar-refractivity contribution in [1.82, 2.24) is 9.21 Å². The van der Waals surface area contributed by atoms with E-state index in [4.69, 9.17) is 0 Å². The normalized spacial score (nSPS) is 21.3. The maximum Gasteiger partial charge on any atom is 0.211 e. The molecule has 0 aromatic carbocycles. The molecule has 1 aliphatic heterocycles. The van der Waals surface area contributed by atoms with Crippen molar-refractivity contribution in [2.75, 3.05) is 40.0 Å². The molecule has 1 aliphatic rings. The van der Waals surface area contributed by atoms with E-state index < -0.39 is 10.0 Å². The molecule has 0 radical (unpaired) electrons. The zero-order chi connectivity index (χ0) is 9.35. The van der Waals surface area contributed by atoms with Crippen LogP contribution in [0, 0.1) is 5.92 Å². The Balaban J connectivity index is 2.30. The molecule has 1 rings (SSSR count). The van der Waals surface area contributed by atoms with Crippen molar-refractivity contribution in [3.05, 3.63) is 0 Å². The average molecular weight is 192 g/mol. The van der Waals surface area contributed by atoms with Gasteiger partial charge in [0.25, 0.3) is 0 Å². The van der Waals surface area contributed by atoms with Crippen LogP contribution in [-0.4, -0.2) is 57.6 Å². The Morgan fingerprint density at radius 1 is 1.42 bits per heavy atom. The standard InChI is InChI=1S/C7H16N2O2S/c1-8(2)4-7-5-9(6-7)12(3,10)11/h7H,4-6H2,1-3H3. The summed E-state index contributed by atoms with van der Waals surface area (Å²) in [6, 6.07) is 0. The Morgan fingerprint density at radius 3 is 2.25 bits per heavy atom. The highest BCUT2D eigenvalue weighted by molar-refractivity contribution is 7.88. The van der Waals surface area contributed by atoms with E-state index in [0.29, 0.717) is 19.0 Å². The van der Waals surface area contributed by atoms with Crippen LogP contribution in [0.25, 0.3) is 0 Å². The maximum absolute atomic E-state index is 11.0. The van der Waals surface area contributed by atoms with Crippen molar-refractivity contribution in [2.24, 2.45) is 5.92 Å². The molecule has 0 aromatic heterocycles. The lowest BCUT2D eigenvalue weighted by atomic mass is 10.0. The monoisotopic (exact) mass is 192 g/mol. The third-order valence-electron chi connectivity index (χ3n) is 2.02. The summed E-state index contributed by atoms with van der Waals surface area (Å²) < 4.78 is 23.4. The van der Waals surface area contributed by atoms with Gasteiger partial charge < -0.3 is 4.90 Å². The molecular formula is C7H16N2O2S. The molecule has 0 N–H and O–H groups in total. The van der Waals surface area contributed by atoms with Crippen LogP contribution in [0.5, 0.6) is 0 Å². The van der Waals surface area contributed by atoms with E-state index in [1.54, 1.807) is 0 Å². The second-order valence-corrected chi connectivity index (χ2v) is 5.69. The average Bonchev–Trinajstić information content (AvgIpc) is 1.73. The molecule has 1 fully saturated rings. The first kappa shape index (κ1) is 9.95. The third-order valence-corrected chi connectivity index (χ3v) is 3.25. The van der Waals surface area contributed by atoms with Crippen molar-refractivity contribution in [2.45, 2.75) is 0 Å². The molecule has 0 atom stereocenters. The minimum atomic E-state index is -2.92. The Labute approximate surface area is 74.2 Å². The zero-order valence-electron chi connectivity index (χ0n) is 7.82. The number of nitrogens with zero attached hydrogens (tertiary/aromatic N) is 2. The molecule has 4 nitrogen and oxygen atoms in total. The quantitative estimate of drug-likeness (QED) is 0.602. The van der Waals surface area contributed by atoms with Crippen molar-refractivity contribution in [3.8, 4) is 0 Å². The van der Waals surface area contributed by atoms with Crippen LogP contribution in [0.4, 0.5) is 0 Å². The Kier molecular flexibility index (Phi) is 2.75. The van der Waals surface area contributed by atoms with Gasteiger partial charge in [0.15, 0.2) is 0 Å². The summed E-state index contributed by atoms with van der Waals surface area (Å²) in [6.07, 6.45) is 1.26. The molecule has 0 aromatic rings. The summed E-state index contributed by atoms with van der Waals surface area (Å²) in [5, 5.41) is 0. The second-order valence-electron chi connectivity index (χ2n) is 3.71. The first-order valence-corrected chi connectivity index (χ1v) is 5.84. The SMILES string of the molecule is CN(C)CC1CN(S(C)(=O)=O)C1. The maximum atomic E-state index is 11.0. The molecular weight excluding hydrogens is 176 g/mol. The Morgan fingerprint density at radius 2 is 1.92 bits per heavy atom. The van der Waals surface area contributed by atoms with E-state index in [2.05, 4.69) is 4.90 Å². The van der Waals surface area contributed by atoms with E-state index in [9.17, 15) is 8.42 Å².